The summed E-state index contributed by atoms with van der Waals surface area (Å²) in [5, 5.41) is 32.7. The molecule has 0 saturated heterocycles. The van der Waals surface area contributed by atoms with E-state index in [4.69, 9.17) is 0 Å². The molecule has 0 aliphatic heterocycles. The minimum absolute atomic E-state index is 0.0251. The number of hydrogen-bond acceptors (Lipinski definition) is 3. The van der Waals surface area contributed by atoms with E-state index in [2.05, 4.69) is 36.7 Å². The van der Waals surface area contributed by atoms with Gasteiger partial charge in [-0.15, -0.1) is 0 Å². The number of fused-ring (bicyclic) bond motifs is 5. The van der Waals surface area contributed by atoms with Crippen LogP contribution in [0, 0.1) is 34.5 Å². The highest BCUT2D eigenvalue weighted by Gasteiger charge is 2.71. The van der Waals surface area contributed by atoms with Crippen molar-refractivity contribution in [3.05, 3.63) is 0 Å². The fourth-order valence-corrected chi connectivity index (χ4v) is 9.26. The predicted molar refractivity (Wildman–Crippen MR) is 102 cm³/mol. The van der Waals surface area contributed by atoms with Crippen LogP contribution < -0.4 is 0 Å². The number of rotatable bonds is 0. The highest BCUT2D eigenvalue weighted by Crippen LogP contribution is 2.72. The van der Waals surface area contributed by atoms with Crippen molar-refractivity contribution in [2.24, 2.45) is 34.5 Å². The van der Waals surface area contributed by atoms with Gasteiger partial charge in [-0.25, -0.2) is 0 Å². The van der Waals surface area contributed by atoms with E-state index in [0.29, 0.717) is 30.1 Å². The molecule has 0 aromatic rings. The third-order valence-corrected chi connectivity index (χ3v) is 11.7. The lowest BCUT2D eigenvalue weighted by Crippen LogP contribution is -2.72. The summed E-state index contributed by atoms with van der Waals surface area (Å²) in [6.45, 7) is 8.91. The fourth-order valence-electron chi connectivity index (χ4n) is 8.04. The molecule has 0 radical (unpaired) electrons. The first-order valence-electron chi connectivity index (χ1n) is 10.2. The van der Waals surface area contributed by atoms with Crippen molar-refractivity contribution in [1.29, 1.82) is 0 Å². The van der Waals surface area contributed by atoms with Crippen molar-refractivity contribution in [2.75, 3.05) is 0 Å². The van der Waals surface area contributed by atoms with E-state index >= 15 is 0 Å². The molecule has 4 rings (SSSR count). The van der Waals surface area contributed by atoms with E-state index in [0.717, 1.165) is 38.5 Å². The van der Waals surface area contributed by atoms with Crippen molar-refractivity contribution in [3.63, 3.8) is 0 Å². The molecule has 0 aromatic carbocycles. The number of aliphatic hydroxyl groups is 3. The van der Waals surface area contributed by atoms with Crippen molar-refractivity contribution in [2.45, 2.75) is 94.8 Å². The molecule has 5 unspecified atom stereocenters. The molecule has 4 heteroatoms. The van der Waals surface area contributed by atoms with Crippen LogP contribution in [0.3, 0.4) is 0 Å². The van der Waals surface area contributed by atoms with Crippen LogP contribution in [-0.2, 0) is 0 Å². The molecule has 0 aromatic heterocycles. The lowest BCUT2D eigenvalue weighted by molar-refractivity contribution is -0.209. The Morgan fingerprint density at radius 3 is 2.32 bits per heavy atom. The van der Waals surface area contributed by atoms with E-state index < -0.39 is 9.93 Å². The Kier molecular flexibility index (Phi) is 4.08. The van der Waals surface area contributed by atoms with Gasteiger partial charge in [0, 0.05) is 0 Å². The molecular formula is C21H35BrO3. The second-order valence-electron chi connectivity index (χ2n) is 10.6. The monoisotopic (exact) mass is 414 g/mol. The molecule has 0 amide bonds. The standard InChI is InChI=1S/C21H35BrO3/c1-12-9-13(23)10-21(22)19(3,25)11-14-15-5-6-17(24)18(15,2)8-7-16(14)20(12,21)4/h12-17,23-25H,5-11H2,1-4H3/t12?,13?,14-,15-,16+,17?,18-,19?,20+,21?/m0/s1. The van der Waals surface area contributed by atoms with Crippen LogP contribution in [0.25, 0.3) is 0 Å². The van der Waals surface area contributed by atoms with Crippen LogP contribution in [0.5, 0.6) is 0 Å². The molecule has 4 fully saturated rings. The molecule has 3 N–H and O–H groups in total. The van der Waals surface area contributed by atoms with E-state index in [1.165, 1.54) is 0 Å². The van der Waals surface area contributed by atoms with Crippen LogP contribution in [0.1, 0.15) is 72.6 Å². The summed E-state index contributed by atoms with van der Waals surface area (Å²) in [7, 11) is 0. The topological polar surface area (TPSA) is 60.7 Å². The summed E-state index contributed by atoms with van der Waals surface area (Å²) in [6, 6.07) is 0. The predicted octanol–water partition coefficient (Wildman–Crippen LogP) is 3.88. The van der Waals surface area contributed by atoms with Gasteiger partial charge in [-0.05, 0) is 86.4 Å². The zero-order valence-electron chi connectivity index (χ0n) is 16.1. The summed E-state index contributed by atoms with van der Waals surface area (Å²) >= 11 is 4.03. The Morgan fingerprint density at radius 1 is 0.960 bits per heavy atom. The molecule has 10 atom stereocenters. The lowest BCUT2D eigenvalue weighted by Gasteiger charge is -2.70. The van der Waals surface area contributed by atoms with Gasteiger partial charge in [-0.1, -0.05) is 36.7 Å². The van der Waals surface area contributed by atoms with Gasteiger partial charge in [0.15, 0.2) is 0 Å². The smallest absolute Gasteiger partial charge is 0.0781 e. The van der Waals surface area contributed by atoms with Gasteiger partial charge >= 0.3 is 0 Å². The first kappa shape index (κ1) is 18.7. The largest absolute Gasteiger partial charge is 0.393 e. The van der Waals surface area contributed by atoms with Gasteiger partial charge in [-0.2, -0.15) is 0 Å². The molecule has 0 bridgehead atoms. The second kappa shape index (κ2) is 5.46. The molecule has 4 aliphatic rings. The average molecular weight is 415 g/mol. The maximum atomic E-state index is 11.6. The molecular weight excluding hydrogens is 380 g/mol. The number of aliphatic hydroxyl groups excluding tert-OH is 2. The van der Waals surface area contributed by atoms with Crippen LogP contribution >= 0.6 is 15.9 Å². The number of halogens is 1. The van der Waals surface area contributed by atoms with E-state index in [-0.39, 0.29) is 23.0 Å². The van der Waals surface area contributed by atoms with Crippen LogP contribution in [0.2, 0.25) is 0 Å². The molecule has 25 heavy (non-hydrogen) atoms. The van der Waals surface area contributed by atoms with Crippen LogP contribution in [0.4, 0.5) is 0 Å². The van der Waals surface area contributed by atoms with Gasteiger partial charge in [0.05, 0.1) is 22.1 Å². The first-order valence-corrected chi connectivity index (χ1v) is 11.0. The summed E-state index contributed by atoms with van der Waals surface area (Å²) in [5.41, 5.74) is -0.852. The molecule has 3 nitrogen and oxygen atoms in total. The van der Waals surface area contributed by atoms with E-state index in [1.807, 2.05) is 6.92 Å². The third-order valence-electron chi connectivity index (χ3n) is 9.66. The molecule has 0 spiro atoms. The van der Waals surface area contributed by atoms with Gasteiger partial charge in [0.25, 0.3) is 0 Å². The Morgan fingerprint density at radius 2 is 1.64 bits per heavy atom. The lowest BCUT2D eigenvalue weighted by atomic mass is 9.40. The SMILES string of the molecule is CC1CC(O)CC2(Br)C(C)(O)C[C@@H]3[C@@H](CC[C@]4(C)C(O)CC[C@@H]34)[C@@]12C. The van der Waals surface area contributed by atoms with Crippen molar-refractivity contribution < 1.29 is 15.3 Å². The van der Waals surface area contributed by atoms with Crippen molar-refractivity contribution in [1.82, 2.24) is 0 Å². The quantitative estimate of drug-likeness (QED) is 0.527. The number of hydrogen-bond donors (Lipinski definition) is 3. The Labute approximate surface area is 160 Å². The minimum Gasteiger partial charge on any atom is -0.393 e. The summed E-state index contributed by atoms with van der Waals surface area (Å²) in [5.74, 6) is 1.91. The number of alkyl halides is 1. The Hall–Kier alpha value is 0.360. The second-order valence-corrected chi connectivity index (χ2v) is 11.9. The Balaban J connectivity index is 1.80. The van der Waals surface area contributed by atoms with E-state index in [9.17, 15) is 15.3 Å². The summed E-state index contributed by atoms with van der Waals surface area (Å²) in [4.78, 5) is 0. The van der Waals surface area contributed by atoms with Gasteiger partial charge in [-0.3, -0.25) is 0 Å². The summed E-state index contributed by atoms with van der Waals surface area (Å²) in [6.07, 6.45) is 5.96. The first-order chi connectivity index (χ1) is 11.5. The van der Waals surface area contributed by atoms with Gasteiger partial charge in [0.2, 0.25) is 0 Å². The maximum Gasteiger partial charge on any atom is 0.0781 e. The van der Waals surface area contributed by atoms with Gasteiger partial charge in [0.1, 0.15) is 0 Å². The highest BCUT2D eigenvalue weighted by atomic mass is 79.9. The van der Waals surface area contributed by atoms with Crippen LogP contribution in [0.15, 0.2) is 0 Å². The zero-order valence-corrected chi connectivity index (χ0v) is 17.7. The molecule has 4 saturated carbocycles. The highest BCUT2D eigenvalue weighted by molar-refractivity contribution is 9.10. The molecule has 144 valence electrons. The van der Waals surface area contributed by atoms with E-state index in [1.54, 1.807) is 0 Å². The molecule has 4 aliphatic carbocycles. The normalized spacial score (nSPS) is 64.3. The van der Waals surface area contributed by atoms with Crippen molar-refractivity contribution in [3.8, 4) is 0 Å². The minimum atomic E-state index is -0.843. The molecule has 0 heterocycles. The van der Waals surface area contributed by atoms with Gasteiger partial charge < -0.3 is 15.3 Å². The average Bonchev–Trinajstić information content (AvgIpc) is 2.80. The van der Waals surface area contributed by atoms with Crippen LogP contribution in [-0.4, -0.2) is 37.5 Å². The third kappa shape index (κ3) is 2.14. The summed E-state index contributed by atoms with van der Waals surface area (Å²) < 4.78 is -0.434. The van der Waals surface area contributed by atoms with Crippen molar-refractivity contribution >= 4 is 15.9 Å². The maximum absolute atomic E-state index is 11.6. The Bertz CT molecular complexity index is 565. The zero-order chi connectivity index (χ0) is 18.4. The fraction of sp³-hybridized carbons (Fsp3) is 1.00.